The van der Waals surface area contributed by atoms with Gasteiger partial charge in [-0.15, -0.1) is 0 Å². The summed E-state index contributed by atoms with van der Waals surface area (Å²) < 4.78 is 19.3. The third kappa shape index (κ3) is 4.41. The highest BCUT2D eigenvalue weighted by Gasteiger charge is 2.13. The lowest BCUT2D eigenvalue weighted by Crippen LogP contribution is -2.42. The highest BCUT2D eigenvalue weighted by molar-refractivity contribution is 5.88. The molecule has 4 heteroatoms. The molecule has 0 amide bonds. The molecule has 0 aliphatic heterocycles. The van der Waals surface area contributed by atoms with Crippen molar-refractivity contribution in [2.45, 2.75) is 32.4 Å². The highest BCUT2D eigenvalue weighted by atomic mass is 19.1. The minimum absolute atomic E-state index is 0.0520. The zero-order chi connectivity index (χ0) is 15.5. The Kier molecular flexibility index (Phi) is 4.80. The Morgan fingerprint density at radius 3 is 2.48 bits per heavy atom. The summed E-state index contributed by atoms with van der Waals surface area (Å²) in [7, 11) is 0. The molecule has 114 valence electrons. The van der Waals surface area contributed by atoms with Gasteiger partial charge >= 0.3 is 0 Å². The largest absolute Gasteiger partial charge is 0.490 e. The second-order valence-electron chi connectivity index (χ2n) is 6.19. The maximum Gasteiger partial charge on any atom is 0.131 e. The first-order valence-electron chi connectivity index (χ1n) is 7.10. The van der Waals surface area contributed by atoms with Crippen molar-refractivity contribution in [2.24, 2.45) is 0 Å². The number of hydrogen-bond acceptors (Lipinski definition) is 3. The number of fused-ring (bicyclic) bond motifs is 1. The number of halogens is 1. The van der Waals surface area contributed by atoms with Gasteiger partial charge in [-0.05, 0) is 32.9 Å². The van der Waals surface area contributed by atoms with Crippen LogP contribution in [0.4, 0.5) is 4.39 Å². The number of benzene rings is 2. The molecule has 0 saturated carbocycles. The summed E-state index contributed by atoms with van der Waals surface area (Å²) in [6.07, 6.45) is -0.618. The summed E-state index contributed by atoms with van der Waals surface area (Å²) in [6, 6.07) is 10.1. The average molecular weight is 291 g/mol. The first-order valence-corrected chi connectivity index (χ1v) is 7.10. The fraction of sp³-hybridized carbons (Fsp3) is 0.412. The van der Waals surface area contributed by atoms with Crippen LogP contribution in [-0.4, -0.2) is 29.9 Å². The first kappa shape index (κ1) is 15.7. The van der Waals surface area contributed by atoms with Gasteiger partial charge in [-0.2, -0.15) is 0 Å². The van der Waals surface area contributed by atoms with E-state index in [1.807, 2.05) is 32.9 Å². The van der Waals surface area contributed by atoms with Crippen molar-refractivity contribution in [2.75, 3.05) is 13.2 Å². The molecule has 0 saturated heterocycles. The Hall–Kier alpha value is -1.65. The Morgan fingerprint density at radius 2 is 1.81 bits per heavy atom. The van der Waals surface area contributed by atoms with E-state index in [1.54, 1.807) is 18.2 Å². The van der Waals surface area contributed by atoms with Gasteiger partial charge in [0.25, 0.3) is 0 Å². The Balaban J connectivity index is 2.02. The summed E-state index contributed by atoms with van der Waals surface area (Å²) in [4.78, 5) is 0. The van der Waals surface area contributed by atoms with Crippen LogP contribution in [0.15, 0.2) is 36.4 Å². The normalized spacial score (nSPS) is 13.4. The van der Waals surface area contributed by atoms with Crippen LogP contribution in [0.25, 0.3) is 10.8 Å². The lowest BCUT2D eigenvalue weighted by atomic mass is 10.1. The molecule has 3 nitrogen and oxygen atoms in total. The molecule has 0 heterocycles. The SMILES string of the molecule is CC(C)(C)NC[C@@H](O)COc1ccc(F)c2ccccc12. The Bertz CT molecular complexity index is 607. The molecule has 21 heavy (non-hydrogen) atoms. The van der Waals surface area contributed by atoms with E-state index in [2.05, 4.69) is 5.32 Å². The zero-order valence-electron chi connectivity index (χ0n) is 12.7. The maximum absolute atomic E-state index is 13.7. The molecular formula is C17H22FNO2. The van der Waals surface area contributed by atoms with Gasteiger partial charge in [0.05, 0.1) is 0 Å². The monoisotopic (exact) mass is 291 g/mol. The molecule has 2 aromatic rings. The van der Waals surface area contributed by atoms with E-state index in [-0.39, 0.29) is 18.0 Å². The second kappa shape index (κ2) is 6.41. The fourth-order valence-corrected chi connectivity index (χ4v) is 2.03. The lowest BCUT2D eigenvalue weighted by molar-refractivity contribution is 0.101. The van der Waals surface area contributed by atoms with Crippen molar-refractivity contribution in [3.05, 3.63) is 42.2 Å². The third-order valence-corrected chi connectivity index (χ3v) is 3.13. The van der Waals surface area contributed by atoms with Crippen LogP contribution in [-0.2, 0) is 0 Å². The van der Waals surface area contributed by atoms with Gasteiger partial charge in [0.15, 0.2) is 0 Å². The predicted octanol–water partition coefficient (Wildman–Crippen LogP) is 3.11. The molecule has 0 aromatic heterocycles. The molecule has 2 aromatic carbocycles. The fourth-order valence-electron chi connectivity index (χ4n) is 2.03. The Labute approximate surface area is 124 Å². The quantitative estimate of drug-likeness (QED) is 0.889. The molecule has 0 radical (unpaired) electrons. The average Bonchev–Trinajstić information content (AvgIpc) is 2.44. The Morgan fingerprint density at radius 1 is 1.14 bits per heavy atom. The molecule has 2 N–H and O–H groups in total. The topological polar surface area (TPSA) is 41.5 Å². The third-order valence-electron chi connectivity index (χ3n) is 3.13. The summed E-state index contributed by atoms with van der Waals surface area (Å²) >= 11 is 0. The van der Waals surface area contributed by atoms with Gasteiger partial charge in [0, 0.05) is 22.9 Å². The number of aliphatic hydroxyl groups excluding tert-OH is 1. The van der Waals surface area contributed by atoms with E-state index >= 15 is 0 Å². The molecule has 0 bridgehead atoms. The van der Waals surface area contributed by atoms with Crippen LogP contribution in [0.2, 0.25) is 0 Å². The van der Waals surface area contributed by atoms with Crippen molar-refractivity contribution >= 4 is 10.8 Å². The van der Waals surface area contributed by atoms with Crippen LogP contribution in [0, 0.1) is 5.82 Å². The zero-order valence-corrected chi connectivity index (χ0v) is 12.7. The number of hydrogen-bond donors (Lipinski definition) is 2. The van der Waals surface area contributed by atoms with Crippen LogP contribution >= 0.6 is 0 Å². The van der Waals surface area contributed by atoms with Gasteiger partial charge in [0.2, 0.25) is 0 Å². The first-order chi connectivity index (χ1) is 9.87. The number of rotatable bonds is 5. The lowest BCUT2D eigenvalue weighted by Gasteiger charge is -2.23. The van der Waals surface area contributed by atoms with Crippen molar-refractivity contribution in [1.29, 1.82) is 0 Å². The molecule has 1 atom stereocenters. The van der Waals surface area contributed by atoms with Crippen molar-refractivity contribution < 1.29 is 14.2 Å². The molecule has 0 spiro atoms. The highest BCUT2D eigenvalue weighted by Crippen LogP contribution is 2.27. The molecule has 0 fully saturated rings. The van der Waals surface area contributed by atoms with Crippen LogP contribution in [0.1, 0.15) is 20.8 Å². The number of β-amino-alcohol motifs (C(OH)–C–C–N with tert-alkyl or cyclic N) is 1. The van der Waals surface area contributed by atoms with Crippen molar-refractivity contribution in [3.63, 3.8) is 0 Å². The molecule has 0 aliphatic rings. The van der Waals surface area contributed by atoms with Crippen LogP contribution < -0.4 is 10.1 Å². The number of ether oxygens (including phenoxy) is 1. The van der Waals surface area contributed by atoms with Gasteiger partial charge in [-0.3, -0.25) is 0 Å². The van der Waals surface area contributed by atoms with Crippen LogP contribution in [0.5, 0.6) is 5.75 Å². The molecule has 2 rings (SSSR count). The summed E-state index contributed by atoms with van der Waals surface area (Å²) in [5, 5.41) is 14.4. The van der Waals surface area contributed by atoms with Gasteiger partial charge in [-0.25, -0.2) is 4.39 Å². The summed E-state index contributed by atoms with van der Waals surface area (Å²) in [5.74, 6) is 0.315. The van der Waals surface area contributed by atoms with Crippen molar-refractivity contribution in [1.82, 2.24) is 5.32 Å². The van der Waals surface area contributed by atoms with Gasteiger partial charge in [-0.1, -0.05) is 24.3 Å². The smallest absolute Gasteiger partial charge is 0.131 e. The van der Waals surface area contributed by atoms with Gasteiger partial charge < -0.3 is 15.2 Å². The molecular weight excluding hydrogens is 269 g/mol. The van der Waals surface area contributed by atoms with Crippen LogP contribution in [0.3, 0.4) is 0 Å². The summed E-state index contributed by atoms with van der Waals surface area (Å²) in [5.41, 5.74) is -0.0520. The maximum atomic E-state index is 13.7. The number of aliphatic hydroxyl groups is 1. The standard InChI is InChI=1S/C17H22FNO2/c1-17(2,3)19-10-12(20)11-21-16-9-8-15(18)13-6-4-5-7-14(13)16/h4-9,12,19-20H,10-11H2,1-3H3/t12-/m1/s1. The van der Waals surface area contributed by atoms with E-state index in [1.165, 1.54) is 6.07 Å². The van der Waals surface area contributed by atoms with E-state index in [0.717, 1.165) is 0 Å². The van der Waals surface area contributed by atoms with Gasteiger partial charge in [0.1, 0.15) is 24.3 Å². The van der Waals surface area contributed by atoms with E-state index in [0.29, 0.717) is 23.1 Å². The predicted molar refractivity (Wildman–Crippen MR) is 83.2 cm³/mol. The second-order valence-corrected chi connectivity index (χ2v) is 6.19. The molecule has 0 unspecified atom stereocenters. The van der Waals surface area contributed by atoms with E-state index in [9.17, 15) is 9.50 Å². The van der Waals surface area contributed by atoms with E-state index < -0.39 is 6.10 Å². The molecule has 0 aliphatic carbocycles. The van der Waals surface area contributed by atoms with E-state index in [4.69, 9.17) is 4.74 Å². The minimum Gasteiger partial charge on any atom is -0.490 e. The number of nitrogens with one attached hydrogen (secondary N) is 1. The minimum atomic E-state index is -0.618. The van der Waals surface area contributed by atoms with Crippen molar-refractivity contribution in [3.8, 4) is 5.75 Å². The summed E-state index contributed by atoms with van der Waals surface area (Å²) in [6.45, 7) is 6.72.